The van der Waals surface area contributed by atoms with Crippen LogP contribution in [0.25, 0.3) is 10.4 Å². The van der Waals surface area contributed by atoms with Crippen LogP contribution in [0.15, 0.2) is 45.7 Å². The Bertz CT molecular complexity index is 1040. The van der Waals surface area contributed by atoms with E-state index >= 15 is 0 Å². The normalized spacial score (nSPS) is 15.6. The van der Waals surface area contributed by atoms with Crippen molar-refractivity contribution in [1.82, 2.24) is 19.3 Å². The Morgan fingerprint density at radius 3 is 2.57 bits per heavy atom. The van der Waals surface area contributed by atoms with E-state index in [4.69, 9.17) is 0 Å². The number of H-pyrrole nitrogens is 1. The molecule has 0 aromatic carbocycles. The number of nitrogens with one attached hydrogen (secondary N) is 1. The third-order valence-electron chi connectivity index (χ3n) is 5.02. The number of aryl methyl sites for hydroxylation is 2. The molecular weight excluding hydrogens is 442 g/mol. The lowest BCUT2D eigenvalue weighted by Gasteiger charge is -2.33. The molecule has 10 heteroatoms. The first kappa shape index (κ1) is 22.8. The summed E-state index contributed by atoms with van der Waals surface area (Å²) in [6.07, 6.45) is 4.16. The summed E-state index contributed by atoms with van der Waals surface area (Å²) in [7, 11) is 0. The Morgan fingerprint density at radius 2 is 1.90 bits per heavy atom. The van der Waals surface area contributed by atoms with Crippen molar-refractivity contribution >= 4 is 41.1 Å². The second-order valence-corrected chi connectivity index (χ2v) is 9.65. The second kappa shape index (κ2) is 9.93. The van der Waals surface area contributed by atoms with Crippen molar-refractivity contribution < 1.29 is 4.55 Å². The molecule has 3 aromatic rings. The van der Waals surface area contributed by atoms with Crippen molar-refractivity contribution in [3.63, 3.8) is 0 Å². The number of hydrogen-bond acceptors (Lipinski definition) is 7. The van der Waals surface area contributed by atoms with Gasteiger partial charge in [0.1, 0.15) is 0 Å². The van der Waals surface area contributed by atoms with Crippen molar-refractivity contribution in [3.05, 3.63) is 58.3 Å². The molecule has 3 aromatic heterocycles. The van der Waals surface area contributed by atoms with Gasteiger partial charge in [-0.2, -0.15) is 0 Å². The van der Waals surface area contributed by atoms with Crippen LogP contribution in [0, 0.1) is 6.92 Å². The van der Waals surface area contributed by atoms with Crippen LogP contribution in [-0.4, -0.2) is 50.0 Å². The second-order valence-electron chi connectivity index (χ2n) is 6.85. The third-order valence-corrected chi connectivity index (χ3v) is 7.93. The summed E-state index contributed by atoms with van der Waals surface area (Å²) in [4.78, 5) is 26.6. The van der Waals surface area contributed by atoms with Gasteiger partial charge >= 0.3 is 0 Å². The highest BCUT2D eigenvalue weighted by atomic mass is 35.5. The Hall–Kier alpha value is -1.91. The van der Waals surface area contributed by atoms with E-state index in [0.29, 0.717) is 19.5 Å². The summed E-state index contributed by atoms with van der Waals surface area (Å²) >= 11 is 0.322. The molecule has 1 fully saturated rings. The molecule has 0 amide bonds. The molecule has 4 rings (SSSR count). The van der Waals surface area contributed by atoms with Gasteiger partial charge in [-0.25, -0.2) is 9.97 Å². The van der Waals surface area contributed by atoms with Crippen molar-refractivity contribution in [2.24, 2.45) is 0 Å². The maximum absolute atomic E-state index is 13.1. The predicted molar refractivity (Wildman–Crippen MR) is 124 cm³/mol. The average molecular weight is 466 g/mol. The molecule has 0 radical (unpaired) electrons. The maximum atomic E-state index is 13.1. The van der Waals surface area contributed by atoms with Crippen LogP contribution >= 0.6 is 23.7 Å². The molecule has 1 aliphatic rings. The molecule has 7 nitrogen and oxygen atoms in total. The molecule has 1 aliphatic heterocycles. The van der Waals surface area contributed by atoms with E-state index in [1.54, 1.807) is 18.5 Å². The van der Waals surface area contributed by atoms with Crippen LogP contribution in [0.3, 0.4) is 0 Å². The van der Waals surface area contributed by atoms with E-state index in [1.165, 1.54) is 11.3 Å². The SMILES string of the molecule is CCc1cc(-c2ccc([S+]([O-])N3CCN(c4ncccn4)CC3)s2)c(C)[nH]c1=O.Cl. The number of hydrogen-bond donors (Lipinski definition) is 1. The lowest BCUT2D eigenvalue weighted by atomic mass is 10.1. The summed E-state index contributed by atoms with van der Waals surface area (Å²) < 4.78 is 15.9. The minimum atomic E-state index is -1.20. The smallest absolute Gasteiger partial charge is 0.251 e. The first-order chi connectivity index (χ1) is 14.1. The zero-order valence-electron chi connectivity index (χ0n) is 16.8. The fraction of sp³-hybridized carbons (Fsp3) is 0.350. The molecule has 1 saturated heterocycles. The van der Waals surface area contributed by atoms with E-state index in [0.717, 1.165) is 44.9 Å². The fourth-order valence-electron chi connectivity index (χ4n) is 3.38. The molecule has 0 saturated carbocycles. The van der Waals surface area contributed by atoms with E-state index in [1.807, 2.05) is 36.4 Å². The van der Waals surface area contributed by atoms with Gasteiger partial charge in [0, 0.05) is 53.2 Å². The lowest BCUT2D eigenvalue weighted by molar-refractivity contribution is 0.383. The highest BCUT2D eigenvalue weighted by Gasteiger charge is 2.29. The number of nitrogens with zero attached hydrogens (tertiary/aromatic N) is 4. The average Bonchev–Trinajstić information content (AvgIpc) is 3.24. The van der Waals surface area contributed by atoms with Gasteiger partial charge in [0.2, 0.25) is 10.2 Å². The van der Waals surface area contributed by atoms with Gasteiger partial charge in [0.05, 0.1) is 24.5 Å². The molecule has 0 aliphatic carbocycles. The molecule has 160 valence electrons. The van der Waals surface area contributed by atoms with Crippen LogP contribution < -0.4 is 10.5 Å². The van der Waals surface area contributed by atoms with Gasteiger partial charge in [-0.15, -0.1) is 16.7 Å². The van der Waals surface area contributed by atoms with Crippen molar-refractivity contribution in [3.8, 4) is 10.4 Å². The largest absolute Gasteiger partial charge is 0.592 e. The summed E-state index contributed by atoms with van der Waals surface area (Å²) in [6.45, 7) is 6.74. The number of thiophene rings is 1. The standard InChI is InChI=1S/C20H23N5O2S2.ClH/c1-3-15-13-16(14(2)23-19(15)26)17-5-6-18(28-17)29(27)25-11-9-24(10-12-25)20-21-7-4-8-22-20;/h4-8,13H,3,9-12H2,1-2H3,(H,23,26);1H. The maximum Gasteiger partial charge on any atom is 0.251 e. The van der Waals surface area contributed by atoms with Crippen LogP contribution in [0.1, 0.15) is 18.2 Å². The summed E-state index contributed by atoms with van der Waals surface area (Å²) in [5, 5.41) is 0. The van der Waals surface area contributed by atoms with Crippen molar-refractivity contribution in [2.75, 3.05) is 31.1 Å². The van der Waals surface area contributed by atoms with Gasteiger partial charge in [0.25, 0.3) is 5.56 Å². The number of piperazine rings is 1. The lowest BCUT2D eigenvalue weighted by Crippen LogP contribution is -2.49. The number of aromatic nitrogens is 3. The first-order valence-electron chi connectivity index (χ1n) is 9.58. The van der Waals surface area contributed by atoms with Crippen LogP contribution in [0.5, 0.6) is 0 Å². The van der Waals surface area contributed by atoms with E-state index in [9.17, 15) is 9.35 Å². The molecule has 30 heavy (non-hydrogen) atoms. The van der Waals surface area contributed by atoms with Crippen molar-refractivity contribution in [2.45, 2.75) is 24.5 Å². The number of anilines is 1. The molecule has 1 N–H and O–H groups in total. The molecular formula is C20H24ClN5O2S2. The Labute approximate surface area is 188 Å². The predicted octanol–water partition coefficient (Wildman–Crippen LogP) is 3.03. The molecule has 1 atom stereocenters. The van der Waals surface area contributed by atoms with Gasteiger partial charge in [-0.3, -0.25) is 4.79 Å². The molecule has 1 unspecified atom stereocenters. The topological polar surface area (TPSA) is 88.2 Å². The molecule has 0 spiro atoms. The first-order valence-corrected chi connectivity index (χ1v) is 11.5. The Kier molecular flexibility index (Phi) is 7.54. The molecule has 0 bridgehead atoms. The van der Waals surface area contributed by atoms with E-state index in [-0.39, 0.29) is 18.0 Å². The highest BCUT2D eigenvalue weighted by molar-refractivity contribution is 7.91. The van der Waals surface area contributed by atoms with Crippen LogP contribution in [0.2, 0.25) is 0 Å². The summed E-state index contributed by atoms with van der Waals surface area (Å²) in [5.41, 5.74) is 2.57. The minimum Gasteiger partial charge on any atom is -0.592 e. The van der Waals surface area contributed by atoms with E-state index in [2.05, 4.69) is 19.9 Å². The minimum absolute atomic E-state index is 0. The van der Waals surface area contributed by atoms with Crippen LogP contribution in [0.4, 0.5) is 5.95 Å². The van der Waals surface area contributed by atoms with E-state index < -0.39 is 11.4 Å². The Morgan fingerprint density at radius 1 is 1.20 bits per heavy atom. The summed E-state index contributed by atoms with van der Waals surface area (Å²) in [6, 6.07) is 7.67. The fourth-order valence-corrected chi connectivity index (χ4v) is 5.99. The monoisotopic (exact) mass is 465 g/mol. The molecule has 4 heterocycles. The Balaban J connectivity index is 0.00000256. The third kappa shape index (κ3) is 4.70. The van der Waals surface area contributed by atoms with Gasteiger partial charge in [0.15, 0.2) is 0 Å². The van der Waals surface area contributed by atoms with Gasteiger partial charge < -0.3 is 14.4 Å². The highest BCUT2D eigenvalue weighted by Crippen LogP contribution is 2.34. The zero-order chi connectivity index (χ0) is 20.4. The summed E-state index contributed by atoms with van der Waals surface area (Å²) in [5.74, 6) is 0.719. The van der Waals surface area contributed by atoms with Gasteiger partial charge in [-0.1, -0.05) is 18.3 Å². The zero-order valence-corrected chi connectivity index (χ0v) is 19.3. The van der Waals surface area contributed by atoms with Crippen molar-refractivity contribution in [1.29, 1.82) is 0 Å². The number of aromatic amines is 1. The number of halogens is 1. The van der Waals surface area contributed by atoms with Crippen LogP contribution in [-0.2, 0) is 17.8 Å². The number of rotatable bonds is 5. The van der Waals surface area contributed by atoms with Gasteiger partial charge in [-0.05, 0) is 31.5 Å². The number of pyridine rings is 1. The quantitative estimate of drug-likeness (QED) is 0.582.